The van der Waals surface area contributed by atoms with Crippen LogP contribution < -0.4 is 5.32 Å². The molecule has 1 aromatic heterocycles. The van der Waals surface area contributed by atoms with E-state index in [0.29, 0.717) is 12.1 Å². The quantitative estimate of drug-likeness (QED) is 0.870. The first-order valence-corrected chi connectivity index (χ1v) is 5.44. The van der Waals surface area contributed by atoms with Crippen molar-refractivity contribution in [2.45, 2.75) is 13.5 Å². The maximum Gasteiger partial charge on any atom is 0.0992 e. The van der Waals surface area contributed by atoms with Crippen molar-refractivity contribution in [1.82, 2.24) is 4.98 Å². The highest BCUT2D eigenvalue weighted by Crippen LogP contribution is 2.12. The molecular formula is C14H13N3. The van der Waals surface area contributed by atoms with Gasteiger partial charge in [0.05, 0.1) is 23.9 Å². The Morgan fingerprint density at radius 3 is 2.94 bits per heavy atom. The Morgan fingerprint density at radius 1 is 1.29 bits per heavy atom. The zero-order valence-electron chi connectivity index (χ0n) is 9.64. The third kappa shape index (κ3) is 2.82. The number of anilines is 1. The van der Waals surface area contributed by atoms with Crippen molar-refractivity contribution in [3.63, 3.8) is 0 Å². The van der Waals surface area contributed by atoms with E-state index >= 15 is 0 Å². The summed E-state index contributed by atoms with van der Waals surface area (Å²) in [7, 11) is 0. The first-order valence-electron chi connectivity index (χ1n) is 5.44. The summed E-state index contributed by atoms with van der Waals surface area (Å²) in [5, 5.41) is 12.1. The van der Waals surface area contributed by atoms with Crippen LogP contribution in [0.4, 0.5) is 5.69 Å². The normalized spacial score (nSPS) is 9.65. The van der Waals surface area contributed by atoms with Crippen LogP contribution in [0, 0.1) is 18.3 Å². The van der Waals surface area contributed by atoms with Crippen molar-refractivity contribution < 1.29 is 0 Å². The molecule has 0 aliphatic heterocycles. The first-order chi connectivity index (χ1) is 8.29. The lowest BCUT2D eigenvalue weighted by molar-refractivity contribution is 1.02. The van der Waals surface area contributed by atoms with Gasteiger partial charge in [-0.25, -0.2) is 0 Å². The lowest BCUT2D eigenvalue weighted by Crippen LogP contribution is -2.03. The molecule has 0 atom stereocenters. The third-order valence-corrected chi connectivity index (χ3v) is 2.57. The summed E-state index contributed by atoms with van der Waals surface area (Å²) in [6.45, 7) is 2.71. The fourth-order valence-corrected chi connectivity index (χ4v) is 1.59. The molecule has 1 heterocycles. The van der Waals surface area contributed by atoms with Gasteiger partial charge in [-0.2, -0.15) is 5.26 Å². The SMILES string of the molecule is Cc1cccnc1CNc1cccc(C#N)c1. The zero-order chi connectivity index (χ0) is 12.1. The van der Waals surface area contributed by atoms with E-state index in [9.17, 15) is 0 Å². The molecule has 84 valence electrons. The average molecular weight is 223 g/mol. The summed E-state index contributed by atoms with van der Waals surface area (Å²) in [5.74, 6) is 0. The molecule has 0 aliphatic carbocycles. The topological polar surface area (TPSA) is 48.7 Å². The van der Waals surface area contributed by atoms with Gasteiger partial charge in [-0.1, -0.05) is 12.1 Å². The number of benzene rings is 1. The predicted octanol–water partition coefficient (Wildman–Crippen LogP) is 2.87. The number of nitrogens with zero attached hydrogens (tertiary/aromatic N) is 2. The Morgan fingerprint density at radius 2 is 2.18 bits per heavy atom. The van der Waals surface area contributed by atoms with Crippen molar-refractivity contribution in [3.8, 4) is 6.07 Å². The van der Waals surface area contributed by atoms with Crippen molar-refractivity contribution in [2.24, 2.45) is 0 Å². The Balaban J connectivity index is 2.08. The second kappa shape index (κ2) is 5.13. The number of hydrogen-bond donors (Lipinski definition) is 1. The van der Waals surface area contributed by atoms with E-state index in [1.165, 1.54) is 0 Å². The van der Waals surface area contributed by atoms with Gasteiger partial charge >= 0.3 is 0 Å². The molecule has 2 rings (SSSR count). The minimum atomic E-state index is 0.660. The van der Waals surface area contributed by atoms with Crippen LogP contribution in [-0.2, 0) is 6.54 Å². The third-order valence-electron chi connectivity index (χ3n) is 2.57. The molecule has 0 fully saturated rings. The van der Waals surface area contributed by atoms with Crippen molar-refractivity contribution >= 4 is 5.69 Å². The fourth-order valence-electron chi connectivity index (χ4n) is 1.59. The summed E-state index contributed by atoms with van der Waals surface area (Å²) in [6.07, 6.45) is 1.79. The highest BCUT2D eigenvalue weighted by molar-refractivity contribution is 5.49. The predicted molar refractivity (Wildman–Crippen MR) is 67.5 cm³/mol. The molecule has 2 aromatic rings. The number of nitriles is 1. The lowest BCUT2D eigenvalue weighted by atomic mass is 10.2. The van der Waals surface area contributed by atoms with Crippen LogP contribution in [0.1, 0.15) is 16.8 Å². The van der Waals surface area contributed by atoms with Gasteiger partial charge in [0.15, 0.2) is 0 Å². The summed E-state index contributed by atoms with van der Waals surface area (Å²) < 4.78 is 0. The number of rotatable bonds is 3. The van der Waals surface area contributed by atoms with Crippen LogP contribution in [0.25, 0.3) is 0 Å². The van der Waals surface area contributed by atoms with E-state index in [4.69, 9.17) is 5.26 Å². The van der Waals surface area contributed by atoms with E-state index in [1.54, 1.807) is 12.3 Å². The van der Waals surface area contributed by atoms with Gasteiger partial charge in [-0.3, -0.25) is 4.98 Å². The molecular weight excluding hydrogens is 210 g/mol. The number of aromatic nitrogens is 1. The lowest BCUT2D eigenvalue weighted by Gasteiger charge is -2.07. The second-order valence-corrected chi connectivity index (χ2v) is 3.81. The molecule has 0 saturated heterocycles. The van der Waals surface area contributed by atoms with Gasteiger partial charge < -0.3 is 5.32 Å². The molecule has 0 radical (unpaired) electrons. The monoisotopic (exact) mass is 223 g/mol. The van der Waals surface area contributed by atoms with Crippen molar-refractivity contribution in [1.29, 1.82) is 5.26 Å². The second-order valence-electron chi connectivity index (χ2n) is 3.81. The highest BCUT2D eigenvalue weighted by atomic mass is 14.9. The van der Waals surface area contributed by atoms with Gasteiger partial charge in [0.25, 0.3) is 0 Å². The molecule has 0 aliphatic rings. The molecule has 0 unspecified atom stereocenters. The molecule has 1 N–H and O–H groups in total. The minimum Gasteiger partial charge on any atom is -0.379 e. The molecule has 17 heavy (non-hydrogen) atoms. The maximum absolute atomic E-state index is 8.80. The van der Waals surface area contributed by atoms with Crippen LogP contribution in [0.3, 0.4) is 0 Å². The number of hydrogen-bond acceptors (Lipinski definition) is 3. The van der Waals surface area contributed by atoms with Crippen LogP contribution in [0.5, 0.6) is 0 Å². The molecule has 0 amide bonds. The van der Waals surface area contributed by atoms with Gasteiger partial charge in [-0.15, -0.1) is 0 Å². The summed E-state index contributed by atoms with van der Waals surface area (Å²) in [5.41, 5.74) is 3.79. The number of pyridine rings is 1. The Labute approximate surface area is 101 Å². The molecule has 3 heteroatoms. The van der Waals surface area contributed by atoms with Crippen molar-refractivity contribution in [2.75, 3.05) is 5.32 Å². The van der Waals surface area contributed by atoms with Crippen LogP contribution in [0.15, 0.2) is 42.6 Å². The summed E-state index contributed by atoms with van der Waals surface area (Å²) in [6, 6.07) is 13.5. The fraction of sp³-hybridized carbons (Fsp3) is 0.143. The van der Waals surface area contributed by atoms with E-state index < -0.39 is 0 Å². The standard InChI is InChI=1S/C14H13N3/c1-11-4-3-7-16-14(11)10-17-13-6-2-5-12(8-13)9-15/h2-8,17H,10H2,1H3. The Bertz CT molecular complexity index is 555. The van der Waals surface area contributed by atoms with E-state index in [2.05, 4.69) is 16.4 Å². The van der Waals surface area contributed by atoms with Crippen LogP contribution >= 0.6 is 0 Å². The maximum atomic E-state index is 8.80. The molecule has 3 nitrogen and oxygen atoms in total. The molecule has 1 aromatic carbocycles. The summed E-state index contributed by atoms with van der Waals surface area (Å²) in [4.78, 5) is 4.31. The number of aryl methyl sites for hydroxylation is 1. The van der Waals surface area contributed by atoms with Gasteiger partial charge in [0.1, 0.15) is 0 Å². The molecule has 0 saturated carbocycles. The average Bonchev–Trinajstić information content (AvgIpc) is 2.38. The van der Waals surface area contributed by atoms with Gasteiger partial charge in [0, 0.05) is 11.9 Å². The van der Waals surface area contributed by atoms with E-state index in [1.807, 2.05) is 37.3 Å². The van der Waals surface area contributed by atoms with Gasteiger partial charge in [0.2, 0.25) is 0 Å². The molecule has 0 spiro atoms. The minimum absolute atomic E-state index is 0.660. The van der Waals surface area contributed by atoms with Crippen LogP contribution in [0.2, 0.25) is 0 Å². The smallest absolute Gasteiger partial charge is 0.0992 e. The Kier molecular flexibility index (Phi) is 3.37. The largest absolute Gasteiger partial charge is 0.379 e. The van der Waals surface area contributed by atoms with E-state index in [0.717, 1.165) is 16.9 Å². The van der Waals surface area contributed by atoms with Gasteiger partial charge in [-0.05, 0) is 36.8 Å². The Hall–Kier alpha value is -2.34. The zero-order valence-corrected chi connectivity index (χ0v) is 9.64. The van der Waals surface area contributed by atoms with Crippen LogP contribution in [-0.4, -0.2) is 4.98 Å². The van der Waals surface area contributed by atoms with E-state index in [-0.39, 0.29) is 0 Å². The number of nitrogens with one attached hydrogen (secondary N) is 1. The van der Waals surface area contributed by atoms with Crippen molar-refractivity contribution in [3.05, 3.63) is 59.4 Å². The summed E-state index contributed by atoms with van der Waals surface area (Å²) >= 11 is 0. The highest BCUT2D eigenvalue weighted by Gasteiger charge is 1.99. The first kappa shape index (κ1) is 11.2. The molecule has 0 bridgehead atoms.